The van der Waals surface area contributed by atoms with Gasteiger partial charge in [0.25, 0.3) is 11.8 Å². The first-order valence-corrected chi connectivity index (χ1v) is 20.7. The van der Waals surface area contributed by atoms with Crippen molar-refractivity contribution in [3.05, 3.63) is 89.5 Å². The quantitative estimate of drug-likeness (QED) is 0.108. The van der Waals surface area contributed by atoms with Crippen LogP contribution in [-0.4, -0.2) is 131 Å². The van der Waals surface area contributed by atoms with Crippen LogP contribution < -0.4 is 23.7 Å². The van der Waals surface area contributed by atoms with E-state index in [1.54, 1.807) is 21.3 Å². The van der Waals surface area contributed by atoms with E-state index in [0.717, 1.165) is 111 Å². The van der Waals surface area contributed by atoms with Crippen LogP contribution in [-0.2, 0) is 0 Å². The Bertz CT molecular complexity index is 1940. The van der Waals surface area contributed by atoms with E-state index >= 15 is 0 Å². The first-order valence-electron chi connectivity index (χ1n) is 20.7. The Hall–Kier alpha value is -5.26. The maximum atomic E-state index is 13.4. The number of aryl methyl sites for hydroxylation is 1. The second-order valence-corrected chi connectivity index (χ2v) is 15.0. The van der Waals surface area contributed by atoms with Gasteiger partial charge >= 0.3 is 0 Å². The molecular formula is C47H60N4O7. The van der Waals surface area contributed by atoms with Crippen LogP contribution in [0.5, 0.6) is 28.7 Å². The molecule has 0 unspecified atom stereocenters. The Kier molecular flexibility index (Phi) is 14.9. The van der Waals surface area contributed by atoms with Gasteiger partial charge in [-0.2, -0.15) is 0 Å². The van der Waals surface area contributed by atoms with Crippen LogP contribution in [0.4, 0.5) is 0 Å². The van der Waals surface area contributed by atoms with Crippen LogP contribution in [0.2, 0.25) is 0 Å². The lowest BCUT2D eigenvalue weighted by atomic mass is 10.0. The minimum atomic E-state index is 0.0618. The van der Waals surface area contributed by atoms with E-state index in [9.17, 15) is 9.59 Å². The summed E-state index contributed by atoms with van der Waals surface area (Å²) in [5, 5.41) is 0. The summed E-state index contributed by atoms with van der Waals surface area (Å²) in [5.74, 6) is 3.47. The molecule has 2 saturated heterocycles. The first-order chi connectivity index (χ1) is 28.3. The third-order valence-corrected chi connectivity index (χ3v) is 11.0. The van der Waals surface area contributed by atoms with Crippen molar-refractivity contribution >= 4 is 11.8 Å². The molecule has 4 aromatic carbocycles. The van der Waals surface area contributed by atoms with Gasteiger partial charge in [-0.05, 0) is 116 Å². The normalized spacial score (nSPS) is 14.9. The highest BCUT2D eigenvalue weighted by Gasteiger charge is 2.25. The largest absolute Gasteiger partial charge is 0.493 e. The van der Waals surface area contributed by atoms with Crippen molar-refractivity contribution in [2.75, 3.05) is 100.0 Å². The minimum absolute atomic E-state index is 0.0618. The molecule has 0 radical (unpaired) electrons. The standard InChI is InChI=1S/C47H60N4O7/c1-7-28-57-44-34(3)30-39(31-41(44)54-4)35-10-14-37(15-11-35)46(52)50-24-20-48(21-25-50)18-9-19-49-22-26-51(27-23-49)47(53)38-16-12-36(13-17-38)40-32-42(55-5)45(58-29-8-2)43(33-40)56-6/h10-17,30-33H,7-9,18-29H2,1-6H3. The van der Waals surface area contributed by atoms with Gasteiger partial charge in [-0.15, -0.1) is 0 Å². The van der Waals surface area contributed by atoms with E-state index in [1.807, 2.05) is 83.5 Å². The minimum Gasteiger partial charge on any atom is -0.493 e. The van der Waals surface area contributed by atoms with Gasteiger partial charge in [-0.25, -0.2) is 0 Å². The lowest BCUT2D eigenvalue weighted by Crippen LogP contribution is -2.50. The van der Waals surface area contributed by atoms with E-state index in [2.05, 4.69) is 29.7 Å². The molecule has 0 bridgehead atoms. The van der Waals surface area contributed by atoms with E-state index in [-0.39, 0.29) is 11.8 Å². The highest BCUT2D eigenvalue weighted by atomic mass is 16.5. The van der Waals surface area contributed by atoms with Crippen molar-refractivity contribution in [1.82, 2.24) is 19.6 Å². The topological polar surface area (TPSA) is 93.3 Å². The molecule has 58 heavy (non-hydrogen) atoms. The number of rotatable bonds is 17. The summed E-state index contributed by atoms with van der Waals surface area (Å²) in [6.45, 7) is 15.7. The molecular weight excluding hydrogens is 733 g/mol. The maximum absolute atomic E-state index is 13.4. The monoisotopic (exact) mass is 792 g/mol. The predicted octanol–water partition coefficient (Wildman–Crippen LogP) is 7.54. The highest BCUT2D eigenvalue weighted by molar-refractivity contribution is 5.95. The maximum Gasteiger partial charge on any atom is 0.253 e. The number of piperazine rings is 2. The molecule has 0 saturated carbocycles. The van der Waals surface area contributed by atoms with Crippen molar-refractivity contribution in [3.63, 3.8) is 0 Å². The summed E-state index contributed by atoms with van der Waals surface area (Å²) in [6.07, 6.45) is 2.87. The van der Waals surface area contributed by atoms with Gasteiger partial charge in [0, 0.05) is 63.5 Å². The lowest BCUT2D eigenvalue weighted by molar-refractivity contribution is 0.0606. The van der Waals surface area contributed by atoms with Gasteiger partial charge in [-0.3, -0.25) is 19.4 Å². The van der Waals surface area contributed by atoms with Gasteiger partial charge in [0.15, 0.2) is 23.0 Å². The zero-order valence-electron chi connectivity index (χ0n) is 35.2. The number of carbonyl (C=O) groups is 2. The molecule has 2 fully saturated rings. The number of carbonyl (C=O) groups excluding carboxylic acids is 2. The summed E-state index contributed by atoms with van der Waals surface area (Å²) in [6, 6.07) is 23.6. The zero-order chi connectivity index (χ0) is 41.0. The number of nitrogens with zero attached hydrogens (tertiary/aromatic N) is 4. The average molecular weight is 793 g/mol. The van der Waals surface area contributed by atoms with Gasteiger partial charge in [0.05, 0.1) is 34.5 Å². The molecule has 0 atom stereocenters. The molecule has 0 N–H and O–H groups in total. The lowest BCUT2D eigenvalue weighted by Gasteiger charge is -2.37. The number of amides is 2. The second-order valence-electron chi connectivity index (χ2n) is 15.0. The summed E-state index contributed by atoms with van der Waals surface area (Å²) in [5.41, 5.74) is 6.37. The fraction of sp³-hybridized carbons (Fsp3) is 0.447. The van der Waals surface area contributed by atoms with Crippen molar-refractivity contribution < 1.29 is 33.3 Å². The third-order valence-electron chi connectivity index (χ3n) is 11.0. The van der Waals surface area contributed by atoms with Crippen molar-refractivity contribution in [3.8, 4) is 51.0 Å². The number of methoxy groups -OCH3 is 3. The number of ether oxygens (including phenoxy) is 5. The van der Waals surface area contributed by atoms with Crippen molar-refractivity contribution in [2.45, 2.75) is 40.0 Å². The molecule has 2 amide bonds. The van der Waals surface area contributed by atoms with E-state index in [1.165, 1.54) is 0 Å². The third kappa shape index (κ3) is 10.2. The van der Waals surface area contributed by atoms with Crippen LogP contribution in [0.3, 0.4) is 0 Å². The van der Waals surface area contributed by atoms with Crippen LogP contribution in [0.1, 0.15) is 59.4 Å². The van der Waals surface area contributed by atoms with Crippen molar-refractivity contribution in [2.24, 2.45) is 0 Å². The highest BCUT2D eigenvalue weighted by Crippen LogP contribution is 2.42. The molecule has 2 heterocycles. The summed E-state index contributed by atoms with van der Waals surface area (Å²) < 4.78 is 28.7. The van der Waals surface area contributed by atoms with Crippen molar-refractivity contribution in [1.29, 1.82) is 0 Å². The van der Waals surface area contributed by atoms with Gasteiger partial charge in [-0.1, -0.05) is 38.1 Å². The van der Waals surface area contributed by atoms with E-state index in [0.29, 0.717) is 54.7 Å². The van der Waals surface area contributed by atoms with E-state index in [4.69, 9.17) is 23.7 Å². The summed E-state index contributed by atoms with van der Waals surface area (Å²) >= 11 is 0. The second kappa shape index (κ2) is 20.4. The van der Waals surface area contributed by atoms with Gasteiger partial charge < -0.3 is 33.5 Å². The molecule has 0 aromatic heterocycles. The number of hydrogen-bond donors (Lipinski definition) is 0. The van der Waals surface area contributed by atoms with Crippen LogP contribution in [0, 0.1) is 6.92 Å². The molecule has 2 aliphatic heterocycles. The Labute approximate surface area is 344 Å². The smallest absolute Gasteiger partial charge is 0.253 e. The Morgan fingerprint density at radius 2 is 0.897 bits per heavy atom. The SMILES string of the molecule is CCCOc1c(C)cc(-c2ccc(C(=O)N3CCN(CCCN4CCN(C(=O)c5ccc(-c6cc(OC)c(OCCC)c(OC)c6)cc5)CC4)CC3)cc2)cc1OC. The Balaban J connectivity index is 0.917. The van der Waals surface area contributed by atoms with Crippen LogP contribution in [0.25, 0.3) is 22.3 Å². The molecule has 6 rings (SSSR count). The summed E-state index contributed by atoms with van der Waals surface area (Å²) in [4.78, 5) is 35.7. The first kappa shape index (κ1) is 42.3. The molecule has 4 aromatic rings. The number of benzene rings is 4. The van der Waals surface area contributed by atoms with Crippen LogP contribution >= 0.6 is 0 Å². The molecule has 2 aliphatic rings. The molecule has 0 spiro atoms. The summed E-state index contributed by atoms with van der Waals surface area (Å²) in [7, 11) is 4.91. The van der Waals surface area contributed by atoms with Gasteiger partial charge in [0.1, 0.15) is 0 Å². The van der Waals surface area contributed by atoms with Crippen LogP contribution in [0.15, 0.2) is 72.8 Å². The molecule has 310 valence electrons. The average Bonchev–Trinajstić information content (AvgIpc) is 3.27. The fourth-order valence-electron chi connectivity index (χ4n) is 7.68. The molecule has 0 aliphatic carbocycles. The predicted molar refractivity (Wildman–Crippen MR) is 229 cm³/mol. The molecule has 11 heteroatoms. The zero-order valence-corrected chi connectivity index (χ0v) is 35.2. The Morgan fingerprint density at radius 3 is 1.29 bits per heavy atom. The Morgan fingerprint density at radius 1 is 0.517 bits per heavy atom. The van der Waals surface area contributed by atoms with E-state index < -0.39 is 0 Å². The van der Waals surface area contributed by atoms with Gasteiger partial charge in [0.2, 0.25) is 5.75 Å². The molecule has 11 nitrogen and oxygen atoms in total. The number of hydrogen-bond acceptors (Lipinski definition) is 9. The fourth-order valence-corrected chi connectivity index (χ4v) is 7.68.